The van der Waals surface area contributed by atoms with Crippen LogP contribution in [-0.2, 0) is 28.6 Å². The summed E-state index contributed by atoms with van der Waals surface area (Å²) in [5.41, 5.74) is 0. The summed E-state index contributed by atoms with van der Waals surface area (Å²) < 4.78 is 16.7. The molecule has 0 saturated carbocycles. The first kappa shape index (κ1) is 72.5. The molecule has 0 aliphatic heterocycles. The molecule has 0 bridgehead atoms. The van der Waals surface area contributed by atoms with E-state index in [0.717, 1.165) is 161 Å². The van der Waals surface area contributed by atoms with E-state index in [1.54, 1.807) is 6.08 Å². The highest BCUT2D eigenvalue weighted by atomic mass is 16.6. The second-order valence-corrected chi connectivity index (χ2v) is 19.5. The third-order valence-electron chi connectivity index (χ3n) is 12.2. The summed E-state index contributed by atoms with van der Waals surface area (Å²) in [6, 6.07) is 0. The van der Waals surface area contributed by atoms with E-state index in [1.807, 2.05) is 6.08 Å². The zero-order valence-electron chi connectivity index (χ0n) is 49.6. The van der Waals surface area contributed by atoms with Crippen molar-refractivity contribution in [1.29, 1.82) is 0 Å². The van der Waals surface area contributed by atoms with Gasteiger partial charge in [-0.25, -0.2) is 0 Å². The molecule has 1 unspecified atom stereocenters. The maximum absolute atomic E-state index is 12.9. The zero-order valence-corrected chi connectivity index (χ0v) is 49.6. The minimum atomic E-state index is -0.847. The van der Waals surface area contributed by atoms with Crippen LogP contribution in [0.2, 0.25) is 0 Å². The van der Waals surface area contributed by atoms with Crippen molar-refractivity contribution in [3.8, 4) is 0 Å². The third kappa shape index (κ3) is 61.4. The van der Waals surface area contributed by atoms with Crippen LogP contribution >= 0.6 is 0 Å². The van der Waals surface area contributed by atoms with E-state index in [0.29, 0.717) is 6.42 Å². The number of ether oxygens (including phenoxy) is 3. The number of carbonyl (C=O) groups is 3. The van der Waals surface area contributed by atoms with E-state index in [2.05, 4.69) is 191 Å². The van der Waals surface area contributed by atoms with Gasteiger partial charge in [0.15, 0.2) is 6.10 Å². The number of hydrogen-bond donors (Lipinski definition) is 0. The molecule has 0 aliphatic carbocycles. The quantitative estimate of drug-likeness (QED) is 0.0261. The van der Waals surface area contributed by atoms with Crippen LogP contribution in [0.4, 0.5) is 0 Å². The minimum absolute atomic E-state index is 0.110. The van der Waals surface area contributed by atoms with Gasteiger partial charge in [-0.05, 0) is 141 Å². The zero-order chi connectivity index (χ0) is 56.4. The first-order valence-electron chi connectivity index (χ1n) is 30.8. The van der Waals surface area contributed by atoms with Crippen LogP contribution in [0.25, 0.3) is 0 Å². The SMILES string of the molecule is CC/C=C\C/C=C\C/C=C\C/C=C\C/C=C\C/C=C\C/C=C\C/C=C\CCCCCCC(=O)OCC(COC(=O)C/C=C\C/C=C\C/C=C\C/C=C\C/C=C\CC)OC(=O)CCCCCCC/C=C\C/C=C\CCCCCC. The van der Waals surface area contributed by atoms with Gasteiger partial charge in [0.2, 0.25) is 0 Å². The highest BCUT2D eigenvalue weighted by Gasteiger charge is 2.19. The number of carbonyl (C=O) groups excluding carboxylic acids is 3. The fourth-order valence-corrected chi connectivity index (χ4v) is 7.62. The molecule has 0 aromatic rings. The second kappa shape index (κ2) is 64.0. The monoisotopic (exact) mass is 1070 g/mol. The Kier molecular flexibility index (Phi) is 59.5. The molecule has 434 valence electrons. The molecule has 0 aromatic carbocycles. The summed E-state index contributed by atoms with van der Waals surface area (Å²) in [7, 11) is 0. The van der Waals surface area contributed by atoms with Gasteiger partial charge in [0.25, 0.3) is 0 Å². The molecule has 0 amide bonds. The van der Waals surface area contributed by atoms with Gasteiger partial charge in [0.05, 0.1) is 6.42 Å². The lowest BCUT2D eigenvalue weighted by Gasteiger charge is -2.18. The van der Waals surface area contributed by atoms with Crippen LogP contribution in [-0.4, -0.2) is 37.2 Å². The Hall–Kier alpha value is -5.49. The molecule has 0 spiro atoms. The lowest BCUT2D eigenvalue weighted by atomic mass is 10.1. The minimum Gasteiger partial charge on any atom is -0.462 e. The molecule has 0 saturated heterocycles. The van der Waals surface area contributed by atoms with Gasteiger partial charge in [0.1, 0.15) is 13.2 Å². The van der Waals surface area contributed by atoms with Crippen molar-refractivity contribution in [3.63, 3.8) is 0 Å². The van der Waals surface area contributed by atoms with Gasteiger partial charge in [0, 0.05) is 12.8 Å². The maximum Gasteiger partial charge on any atom is 0.309 e. The molecule has 0 fully saturated rings. The van der Waals surface area contributed by atoms with Crippen molar-refractivity contribution in [2.75, 3.05) is 13.2 Å². The number of rotatable bonds is 53. The second-order valence-electron chi connectivity index (χ2n) is 19.5. The Morgan fingerprint density at radius 2 is 0.551 bits per heavy atom. The predicted octanol–water partition coefficient (Wildman–Crippen LogP) is 21.3. The molecule has 78 heavy (non-hydrogen) atoms. The molecule has 1 atom stereocenters. The summed E-state index contributed by atoms with van der Waals surface area (Å²) in [5.74, 6) is -1.12. The van der Waals surface area contributed by atoms with E-state index in [4.69, 9.17) is 14.2 Å². The molecule has 6 heteroatoms. The van der Waals surface area contributed by atoms with E-state index < -0.39 is 12.1 Å². The Morgan fingerprint density at radius 1 is 0.282 bits per heavy atom. The number of unbranched alkanes of at least 4 members (excludes halogenated alkanes) is 13. The Bertz CT molecular complexity index is 1850. The molecule has 0 radical (unpaired) electrons. The summed E-state index contributed by atoms with van der Waals surface area (Å²) in [6.07, 6.45) is 96.3. The summed E-state index contributed by atoms with van der Waals surface area (Å²) in [6.45, 7) is 6.25. The van der Waals surface area contributed by atoms with Gasteiger partial charge in [-0.15, -0.1) is 0 Å². The summed E-state index contributed by atoms with van der Waals surface area (Å²) in [4.78, 5) is 38.2. The van der Waals surface area contributed by atoms with Crippen molar-refractivity contribution >= 4 is 17.9 Å². The number of esters is 3. The molecule has 6 nitrogen and oxygen atoms in total. The first-order valence-corrected chi connectivity index (χ1v) is 30.8. The Labute approximate surface area is 478 Å². The first-order chi connectivity index (χ1) is 38.5. The van der Waals surface area contributed by atoms with Gasteiger partial charge in [-0.3, -0.25) is 14.4 Å². The smallest absolute Gasteiger partial charge is 0.309 e. The van der Waals surface area contributed by atoms with Crippen molar-refractivity contribution in [1.82, 2.24) is 0 Å². The van der Waals surface area contributed by atoms with Crippen LogP contribution in [0, 0.1) is 0 Å². The van der Waals surface area contributed by atoms with E-state index in [1.165, 1.54) is 32.1 Å². The average molecular weight is 1070 g/mol. The predicted molar refractivity (Wildman–Crippen MR) is 338 cm³/mol. The standard InChI is InChI=1S/C72H110O6/c1-4-7-10-13-16-19-22-25-28-30-31-32-33-34-35-36-37-38-39-40-41-42-45-47-50-53-56-59-62-65-71(74)77-68-69(67-76-70(73)64-61-58-55-52-49-46-43-27-24-21-18-15-12-9-6-3)78-72(75)66-63-60-57-54-51-48-44-29-26-23-20-17-14-11-8-5-2/h7,9-10,12,16,18-21,23,25,27-29,31-32,34-35,37-38,40-41,43-45,47,49,52,58,61,69H,4-6,8,11,13-15,17,22,24,26,30,33,36,39,42,46,48,50-51,53-57,59-60,62-68H2,1-3H3/b10-7-,12-9-,19-16-,21-18-,23-20-,28-25-,32-31-,35-34-,38-37-,41-40-,43-27-,44-29-,47-45-,52-49-,61-58-. The lowest BCUT2D eigenvalue weighted by molar-refractivity contribution is -0.166. The van der Waals surface area contributed by atoms with E-state index in [-0.39, 0.29) is 38.0 Å². The van der Waals surface area contributed by atoms with Crippen LogP contribution in [0.15, 0.2) is 182 Å². The van der Waals surface area contributed by atoms with Crippen molar-refractivity contribution in [2.24, 2.45) is 0 Å². The Morgan fingerprint density at radius 3 is 0.897 bits per heavy atom. The van der Waals surface area contributed by atoms with E-state index >= 15 is 0 Å². The third-order valence-corrected chi connectivity index (χ3v) is 12.2. The topological polar surface area (TPSA) is 78.9 Å². The summed E-state index contributed by atoms with van der Waals surface area (Å²) in [5, 5.41) is 0. The van der Waals surface area contributed by atoms with Gasteiger partial charge >= 0.3 is 17.9 Å². The van der Waals surface area contributed by atoms with Crippen LogP contribution in [0.1, 0.15) is 233 Å². The highest BCUT2D eigenvalue weighted by Crippen LogP contribution is 2.12. The maximum atomic E-state index is 12.9. The largest absolute Gasteiger partial charge is 0.462 e. The normalized spacial score (nSPS) is 13.4. The lowest BCUT2D eigenvalue weighted by Crippen LogP contribution is -2.30. The molecule has 0 aromatic heterocycles. The molecular weight excluding hydrogens is 961 g/mol. The fraction of sp³-hybridized carbons (Fsp3) is 0.542. The molecular formula is C72H110O6. The van der Waals surface area contributed by atoms with Crippen molar-refractivity contribution in [3.05, 3.63) is 182 Å². The number of allylic oxidation sites excluding steroid dienone is 29. The highest BCUT2D eigenvalue weighted by molar-refractivity contribution is 5.72. The van der Waals surface area contributed by atoms with Crippen molar-refractivity contribution < 1.29 is 28.6 Å². The number of hydrogen-bond acceptors (Lipinski definition) is 6. The fourth-order valence-electron chi connectivity index (χ4n) is 7.62. The van der Waals surface area contributed by atoms with Gasteiger partial charge in [-0.1, -0.05) is 254 Å². The van der Waals surface area contributed by atoms with Crippen LogP contribution in [0.5, 0.6) is 0 Å². The van der Waals surface area contributed by atoms with E-state index in [9.17, 15) is 14.4 Å². The van der Waals surface area contributed by atoms with Crippen LogP contribution in [0.3, 0.4) is 0 Å². The van der Waals surface area contributed by atoms with Gasteiger partial charge < -0.3 is 14.2 Å². The molecule has 0 N–H and O–H groups in total. The van der Waals surface area contributed by atoms with Gasteiger partial charge in [-0.2, -0.15) is 0 Å². The molecule has 0 rings (SSSR count). The summed E-state index contributed by atoms with van der Waals surface area (Å²) >= 11 is 0. The van der Waals surface area contributed by atoms with Crippen molar-refractivity contribution in [2.45, 2.75) is 239 Å². The molecule has 0 heterocycles. The van der Waals surface area contributed by atoms with Crippen LogP contribution < -0.4 is 0 Å². The Balaban J connectivity index is 4.52. The average Bonchev–Trinajstić information content (AvgIpc) is 3.44. The molecule has 0 aliphatic rings.